The molecule has 0 radical (unpaired) electrons. The molecule has 38 heavy (non-hydrogen) atoms. The summed E-state index contributed by atoms with van der Waals surface area (Å²) in [5, 5.41) is 10.6. The maximum absolute atomic E-state index is 10.6. The van der Waals surface area contributed by atoms with Gasteiger partial charge in [0.1, 0.15) is 5.75 Å². The van der Waals surface area contributed by atoms with Gasteiger partial charge in [0, 0.05) is 17.1 Å². The Morgan fingerprint density at radius 2 is 0.868 bits per heavy atom. The fourth-order valence-corrected chi connectivity index (χ4v) is 7.18. The number of aryl methyl sites for hydroxylation is 1. The van der Waals surface area contributed by atoms with Crippen molar-refractivity contribution in [2.75, 3.05) is 11.5 Å². The Kier molecular flexibility index (Phi) is 25.3. The minimum absolute atomic E-state index is 0.524. The van der Waals surface area contributed by atoms with Gasteiger partial charge in [0.05, 0.1) is 0 Å². The zero-order valence-corrected chi connectivity index (χ0v) is 27.4. The molecule has 0 atom stereocenters. The number of phenolic OH excluding ortho intramolecular Hbond substituents is 1. The fourth-order valence-electron chi connectivity index (χ4n) is 5.24. The van der Waals surface area contributed by atoms with E-state index in [4.69, 9.17) is 0 Å². The smallest absolute Gasteiger partial charge is 0.122 e. The van der Waals surface area contributed by atoms with E-state index in [1.54, 1.807) is 0 Å². The second kappa shape index (κ2) is 26.9. The zero-order chi connectivity index (χ0) is 27.5. The number of hydrogen-bond donors (Lipinski definition) is 1. The highest BCUT2D eigenvalue weighted by atomic mass is 32.2. The van der Waals surface area contributed by atoms with Crippen molar-refractivity contribution in [2.45, 2.75) is 174 Å². The molecule has 0 unspecified atom stereocenters. The van der Waals surface area contributed by atoms with Crippen molar-refractivity contribution in [1.29, 1.82) is 0 Å². The molecule has 1 aromatic carbocycles. The van der Waals surface area contributed by atoms with Crippen LogP contribution >= 0.6 is 23.5 Å². The summed E-state index contributed by atoms with van der Waals surface area (Å²) in [4.78, 5) is 0. The number of rotatable bonds is 28. The third-order valence-electron chi connectivity index (χ3n) is 7.75. The van der Waals surface area contributed by atoms with Crippen LogP contribution in [0.15, 0.2) is 12.1 Å². The van der Waals surface area contributed by atoms with E-state index in [2.05, 4.69) is 44.7 Å². The molecule has 0 aliphatic rings. The third kappa shape index (κ3) is 20.6. The summed E-state index contributed by atoms with van der Waals surface area (Å²) in [6, 6.07) is 4.46. The Labute approximate surface area is 247 Å². The van der Waals surface area contributed by atoms with Gasteiger partial charge in [-0.2, -0.15) is 23.5 Å². The first-order valence-corrected chi connectivity index (χ1v) is 19.0. The minimum atomic E-state index is 0.524. The first kappa shape index (κ1) is 35.7. The lowest BCUT2D eigenvalue weighted by atomic mass is 10.1. The molecule has 0 saturated heterocycles. The van der Waals surface area contributed by atoms with Crippen molar-refractivity contribution < 1.29 is 5.11 Å². The van der Waals surface area contributed by atoms with Crippen LogP contribution in [0.1, 0.15) is 172 Å². The van der Waals surface area contributed by atoms with Gasteiger partial charge in [0.2, 0.25) is 0 Å². The van der Waals surface area contributed by atoms with Crippen LogP contribution < -0.4 is 0 Å². The molecule has 1 N–H and O–H groups in total. The van der Waals surface area contributed by atoms with Crippen LogP contribution in [0, 0.1) is 6.92 Å². The average Bonchev–Trinajstić information content (AvgIpc) is 2.92. The van der Waals surface area contributed by atoms with Crippen molar-refractivity contribution in [1.82, 2.24) is 0 Å². The van der Waals surface area contributed by atoms with Crippen LogP contribution in [-0.4, -0.2) is 16.6 Å². The Morgan fingerprint density at radius 3 is 1.29 bits per heavy atom. The molecule has 0 aliphatic heterocycles. The summed E-state index contributed by atoms with van der Waals surface area (Å²) in [6.07, 6.45) is 31.0. The van der Waals surface area contributed by atoms with Gasteiger partial charge in [-0.3, -0.25) is 0 Å². The first-order valence-electron chi connectivity index (χ1n) is 16.7. The molecule has 0 saturated carbocycles. The van der Waals surface area contributed by atoms with Gasteiger partial charge in [0.25, 0.3) is 0 Å². The highest BCUT2D eigenvalue weighted by Gasteiger charge is 2.08. The number of phenols is 1. The molecule has 1 aromatic rings. The molecule has 0 bridgehead atoms. The average molecular weight is 565 g/mol. The van der Waals surface area contributed by atoms with E-state index in [1.807, 2.05) is 11.8 Å². The van der Waals surface area contributed by atoms with Crippen LogP contribution in [0.5, 0.6) is 5.75 Å². The summed E-state index contributed by atoms with van der Waals surface area (Å²) in [5.74, 6) is 5.03. The Hall–Kier alpha value is -0.280. The highest BCUT2D eigenvalue weighted by molar-refractivity contribution is 7.98. The molecule has 0 spiro atoms. The van der Waals surface area contributed by atoms with Crippen LogP contribution in [0.2, 0.25) is 0 Å². The Balaban J connectivity index is 2.05. The highest BCUT2D eigenvalue weighted by Crippen LogP contribution is 2.30. The normalized spacial score (nSPS) is 11.4. The maximum Gasteiger partial charge on any atom is 0.122 e. The standard InChI is InChI=1S/C35H64OS2/c1-4-6-8-10-12-14-16-18-20-22-24-26-37-30-33-28-32(3)35(36)34(29-33)31-38-27-25-23-21-19-17-15-13-11-9-7-5-2/h28-29,36H,4-27,30-31H2,1-3H3. The van der Waals surface area contributed by atoms with Gasteiger partial charge in [-0.05, 0) is 42.4 Å². The summed E-state index contributed by atoms with van der Waals surface area (Å²) in [5.41, 5.74) is 3.57. The molecule has 1 nitrogen and oxygen atoms in total. The molecular weight excluding hydrogens is 501 g/mol. The molecular formula is C35H64OS2. The van der Waals surface area contributed by atoms with Crippen molar-refractivity contribution >= 4 is 23.5 Å². The van der Waals surface area contributed by atoms with E-state index in [9.17, 15) is 5.11 Å². The number of benzene rings is 1. The van der Waals surface area contributed by atoms with E-state index in [0.29, 0.717) is 5.75 Å². The second-order valence-corrected chi connectivity index (χ2v) is 13.8. The lowest BCUT2D eigenvalue weighted by Crippen LogP contribution is -1.92. The molecule has 0 fully saturated rings. The number of unbranched alkanes of at least 4 members (excludes halogenated alkanes) is 20. The second-order valence-electron chi connectivity index (χ2n) is 11.6. The molecule has 0 aliphatic carbocycles. The first-order chi connectivity index (χ1) is 18.7. The van der Waals surface area contributed by atoms with Gasteiger partial charge in [-0.15, -0.1) is 0 Å². The van der Waals surface area contributed by atoms with Gasteiger partial charge in [0.15, 0.2) is 0 Å². The van der Waals surface area contributed by atoms with Crippen molar-refractivity contribution in [3.05, 3.63) is 28.8 Å². The van der Waals surface area contributed by atoms with E-state index >= 15 is 0 Å². The maximum atomic E-state index is 10.6. The number of hydrogen-bond acceptors (Lipinski definition) is 3. The van der Waals surface area contributed by atoms with Gasteiger partial charge in [-0.1, -0.05) is 154 Å². The third-order valence-corrected chi connectivity index (χ3v) is 9.96. The van der Waals surface area contributed by atoms with Gasteiger partial charge in [-0.25, -0.2) is 0 Å². The van der Waals surface area contributed by atoms with Crippen LogP contribution in [0.25, 0.3) is 0 Å². The largest absolute Gasteiger partial charge is 0.507 e. The van der Waals surface area contributed by atoms with Crippen LogP contribution in [0.4, 0.5) is 0 Å². The summed E-state index contributed by atoms with van der Waals surface area (Å²) in [7, 11) is 0. The molecule has 0 amide bonds. The number of thioether (sulfide) groups is 2. The summed E-state index contributed by atoms with van der Waals surface area (Å²) in [6.45, 7) is 6.65. The summed E-state index contributed by atoms with van der Waals surface area (Å²) >= 11 is 4.07. The predicted octanol–water partition coefficient (Wildman–Crippen LogP) is 12.8. The van der Waals surface area contributed by atoms with E-state index < -0.39 is 0 Å². The fraction of sp³-hybridized carbons (Fsp3) is 0.829. The van der Waals surface area contributed by atoms with Crippen molar-refractivity contribution in [3.63, 3.8) is 0 Å². The predicted molar refractivity (Wildman–Crippen MR) is 178 cm³/mol. The monoisotopic (exact) mass is 564 g/mol. The van der Waals surface area contributed by atoms with Crippen molar-refractivity contribution in [2.24, 2.45) is 0 Å². The van der Waals surface area contributed by atoms with Crippen LogP contribution in [0.3, 0.4) is 0 Å². The lowest BCUT2D eigenvalue weighted by Gasteiger charge is -2.11. The molecule has 1 rings (SSSR count). The SMILES string of the molecule is CCCCCCCCCCCCCSCc1cc(C)c(O)c(CSCCCCCCCCCCCCC)c1. The molecule has 222 valence electrons. The van der Waals surface area contributed by atoms with Crippen LogP contribution in [-0.2, 0) is 11.5 Å². The van der Waals surface area contributed by atoms with E-state index in [1.165, 1.54) is 158 Å². The topological polar surface area (TPSA) is 20.2 Å². The minimum Gasteiger partial charge on any atom is -0.507 e. The van der Waals surface area contributed by atoms with E-state index in [-0.39, 0.29) is 0 Å². The van der Waals surface area contributed by atoms with E-state index in [0.717, 1.165) is 22.6 Å². The molecule has 0 aromatic heterocycles. The Morgan fingerprint density at radius 1 is 0.500 bits per heavy atom. The van der Waals surface area contributed by atoms with Gasteiger partial charge < -0.3 is 5.11 Å². The number of aromatic hydroxyl groups is 1. The quantitative estimate of drug-likeness (QED) is 0.102. The molecule has 0 heterocycles. The lowest BCUT2D eigenvalue weighted by molar-refractivity contribution is 0.466. The Bertz CT molecular complexity index is 645. The van der Waals surface area contributed by atoms with Gasteiger partial charge >= 0.3 is 0 Å². The summed E-state index contributed by atoms with van der Waals surface area (Å²) < 4.78 is 0. The zero-order valence-electron chi connectivity index (χ0n) is 25.8. The molecule has 3 heteroatoms. The van der Waals surface area contributed by atoms with Crippen molar-refractivity contribution in [3.8, 4) is 5.75 Å².